The molecule has 5 nitrogen and oxygen atoms in total. The molecule has 134 valence electrons. The van der Waals surface area contributed by atoms with Gasteiger partial charge in [-0.05, 0) is 23.6 Å². The second-order valence-corrected chi connectivity index (χ2v) is 5.88. The summed E-state index contributed by atoms with van der Waals surface area (Å²) in [5.74, 6) is -0.528. The van der Waals surface area contributed by atoms with E-state index in [0.717, 1.165) is 24.0 Å². The van der Waals surface area contributed by atoms with Crippen molar-refractivity contribution in [1.82, 2.24) is 0 Å². The molecule has 25 heavy (non-hydrogen) atoms. The summed E-state index contributed by atoms with van der Waals surface area (Å²) >= 11 is 0. The molecule has 0 saturated heterocycles. The fourth-order valence-electron chi connectivity index (χ4n) is 3.18. The number of carbonyl (C=O) groups excluding carboxylic acids is 2. The molecular weight excluding hydrogens is 320 g/mol. The molecule has 0 atom stereocenters. The Kier molecular flexibility index (Phi) is 6.02. The fraction of sp³-hybridized carbons (Fsp3) is 0.400. The largest absolute Gasteiger partial charge is 0.496 e. The molecule has 0 radical (unpaired) electrons. The number of rotatable bonds is 6. The molecule has 1 aromatic carbocycles. The molecule has 0 spiro atoms. The highest BCUT2D eigenvalue weighted by atomic mass is 16.5. The van der Waals surface area contributed by atoms with E-state index in [0.29, 0.717) is 11.3 Å². The van der Waals surface area contributed by atoms with Gasteiger partial charge in [-0.2, -0.15) is 0 Å². The Hall–Kier alpha value is -2.56. The van der Waals surface area contributed by atoms with E-state index in [-0.39, 0.29) is 6.42 Å². The van der Waals surface area contributed by atoms with Gasteiger partial charge in [-0.25, -0.2) is 0 Å². The maximum absolute atomic E-state index is 12.6. The van der Waals surface area contributed by atoms with Crippen LogP contribution in [0.25, 0.3) is 5.57 Å². The average molecular weight is 344 g/mol. The Balaban J connectivity index is 2.60. The Morgan fingerprint density at radius 2 is 1.76 bits per heavy atom. The van der Waals surface area contributed by atoms with Crippen molar-refractivity contribution in [3.8, 4) is 5.75 Å². The third kappa shape index (κ3) is 3.31. The maximum atomic E-state index is 12.6. The molecule has 0 saturated carbocycles. The van der Waals surface area contributed by atoms with Gasteiger partial charge in [-0.1, -0.05) is 43.7 Å². The molecule has 0 N–H and O–H groups in total. The monoisotopic (exact) mass is 344 g/mol. The first-order valence-electron chi connectivity index (χ1n) is 8.26. The molecule has 1 aromatic rings. The van der Waals surface area contributed by atoms with E-state index in [2.05, 4.69) is 0 Å². The van der Waals surface area contributed by atoms with Crippen molar-refractivity contribution < 1.29 is 23.8 Å². The zero-order chi connectivity index (χ0) is 18.4. The predicted molar refractivity (Wildman–Crippen MR) is 95.0 cm³/mol. The predicted octanol–water partition coefficient (Wildman–Crippen LogP) is 3.54. The first kappa shape index (κ1) is 18.8. The molecule has 0 fully saturated rings. The van der Waals surface area contributed by atoms with E-state index < -0.39 is 17.4 Å². The van der Waals surface area contributed by atoms with Gasteiger partial charge in [0.15, 0.2) is 5.41 Å². The SMILES string of the molecule is CCC/C=C1\C=C(c2ccccc2OC)CC1(C(=O)OC)C(=O)OC. The highest BCUT2D eigenvalue weighted by molar-refractivity contribution is 6.08. The van der Waals surface area contributed by atoms with E-state index in [4.69, 9.17) is 14.2 Å². The third-order valence-corrected chi connectivity index (χ3v) is 4.45. The number of hydrogen-bond acceptors (Lipinski definition) is 5. The summed E-state index contributed by atoms with van der Waals surface area (Å²) in [4.78, 5) is 25.2. The lowest BCUT2D eigenvalue weighted by molar-refractivity contribution is -0.165. The van der Waals surface area contributed by atoms with Crippen LogP contribution in [0.15, 0.2) is 42.0 Å². The quantitative estimate of drug-likeness (QED) is 0.583. The standard InChI is InChI=1S/C20H24O5/c1-5-6-9-15-12-14(16-10-7-8-11-17(16)23-2)13-20(15,18(21)24-3)19(22)25-4/h7-12H,5-6,13H2,1-4H3/b15-9+. The van der Waals surface area contributed by atoms with E-state index >= 15 is 0 Å². The first-order valence-corrected chi connectivity index (χ1v) is 8.26. The van der Waals surface area contributed by atoms with E-state index in [1.54, 1.807) is 7.11 Å². The Labute approximate surface area is 148 Å². The molecule has 0 heterocycles. The molecule has 0 aromatic heterocycles. The first-order chi connectivity index (χ1) is 12.0. The van der Waals surface area contributed by atoms with Gasteiger partial charge in [0.25, 0.3) is 0 Å². The molecule has 5 heteroatoms. The van der Waals surface area contributed by atoms with Crippen LogP contribution in [0.3, 0.4) is 0 Å². The summed E-state index contributed by atoms with van der Waals surface area (Å²) in [6.45, 7) is 2.04. The zero-order valence-corrected chi connectivity index (χ0v) is 15.1. The summed E-state index contributed by atoms with van der Waals surface area (Å²) in [5.41, 5.74) is 0.848. The van der Waals surface area contributed by atoms with Gasteiger partial charge in [0, 0.05) is 12.0 Å². The Morgan fingerprint density at radius 1 is 1.12 bits per heavy atom. The lowest BCUT2D eigenvalue weighted by atomic mass is 9.79. The van der Waals surface area contributed by atoms with Gasteiger partial charge in [-0.15, -0.1) is 0 Å². The maximum Gasteiger partial charge on any atom is 0.328 e. The minimum absolute atomic E-state index is 0.183. The number of hydrogen-bond donors (Lipinski definition) is 0. The number of carbonyl (C=O) groups is 2. The second-order valence-electron chi connectivity index (χ2n) is 5.88. The smallest absolute Gasteiger partial charge is 0.328 e. The Bertz CT molecular complexity index is 699. The summed E-state index contributed by atoms with van der Waals surface area (Å²) in [6.07, 6.45) is 5.63. The van der Waals surface area contributed by atoms with Crippen molar-refractivity contribution in [3.05, 3.63) is 47.6 Å². The number of allylic oxidation sites excluding steroid dienone is 3. The van der Waals surface area contributed by atoms with Crippen LogP contribution in [-0.2, 0) is 19.1 Å². The van der Waals surface area contributed by atoms with Crippen molar-refractivity contribution in [1.29, 1.82) is 0 Å². The zero-order valence-electron chi connectivity index (χ0n) is 15.1. The molecule has 1 aliphatic rings. The minimum atomic E-state index is -1.46. The number of para-hydroxylation sites is 1. The van der Waals surface area contributed by atoms with Crippen LogP contribution in [0.5, 0.6) is 5.75 Å². The van der Waals surface area contributed by atoms with Gasteiger partial charge >= 0.3 is 11.9 Å². The van der Waals surface area contributed by atoms with Crippen LogP contribution in [0.4, 0.5) is 0 Å². The highest BCUT2D eigenvalue weighted by Crippen LogP contribution is 2.49. The molecule has 0 bridgehead atoms. The van der Waals surface area contributed by atoms with Crippen molar-refractivity contribution in [3.63, 3.8) is 0 Å². The van der Waals surface area contributed by atoms with Crippen LogP contribution in [-0.4, -0.2) is 33.3 Å². The van der Waals surface area contributed by atoms with Gasteiger partial charge in [0.1, 0.15) is 5.75 Å². The minimum Gasteiger partial charge on any atom is -0.496 e. The summed E-state index contributed by atoms with van der Waals surface area (Å²) < 4.78 is 15.4. The number of unbranched alkanes of at least 4 members (excludes halogenated alkanes) is 1. The van der Waals surface area contributed by atoms with Crippen LogP contribution in [0, 0.1) is 5.41 Å². The lowest BCUT2D eigenvalue weighted by Gasteiger charge is -2.25. The summed E-state index contributed by atoms with van der Waals surface area (Å²) in [7, 11) is 4.16. The third-order valence-electron chi connectivity index (χ3n) is 4.45. The number of esters is 2. The molecular formula is C20H24O5. The van der Waals surface area contributed by atoms with Crippen LogP contribution in [0.2, 0.25) is 0 Å². The van der Waals surface area contributed by atoms with Crippen LogP contribution < -0.4 is 4.74 Å². The van der Waals surface area contributed by atoms with Crippen molar-refractivity contribution in [2.45, 2.75) is 26.2 Å². The fourth-order valence-corrected chi connectivity index (χ4v) is 3.18. The summed E-state index contributed by atoms with van der Waals surface area (Å²) in [6, 6.07) is 7.53. The summed E-state index contributed by atoms with van der Waals surface area (Å²) in [5, 5.41) is 0. The molecule has 0 amide bonds. The van der Waals surface area contributed by atoms with Gasteiger partial charge < -0.3 is 14.2 Å². The number of methoxy groups -OCH3 is 3. The molecule has 0 unspecified atom stereocenters. The van der Waals surface area contributed by atoms with Crippen molar-refractivity contribution in [2.24, 2.45) is 5.41 Å². The van der Waals surface area contributed by atoms with E-state index in [9.17, 15) is 9.59 Å². The van der Waals surface area contributed by atoms with E-state index in [1.165, 1.54) is 14.2 Å². The van der Waals surface area contributed by atoms with Crippen LogP contribution >= 0.6 is 0 Å². The Morgan fingerprint density at radius 3 is 2.32 bits per heavy atom. The topological polar surface area (TPSA) is 61.8 Å². The van der Waals surface area contributed by atoms with Crippen molar-refractivity contribution in [2.75, 3.05) is 21.3 Å². The molecule has 0 aliphatic heterocycles. The van der Waals surface area contributed by atoms with Gasteiger partial charge in [0.05, 0.1) is 21.3 Å². The normalized spacial score (nSPS) is 17.1. The second kappa shape index (κ2) is 8.01. The number of ether oxygens (including phenoxy) is 3. The lowest BCUT2D eigenvalue weighted by Crippen LogP contribution is -2.40. The number of benzene rings is 1. The molecule has 2 rings (SSSR count). The van der Waals surface area contributed by atoms with Gasteiger partial charge in [0.2, 0.25) is 0 Å². The van der Waals surface area contributed by atoms with Crippen LogP contribution in [0.1, 0.15) is 31.7 Å². The van der Waals surface area contributed by atoms with E-state index in [1.807, 2.05) is 43.3 Å². The van der Waals surface area contributed by atoms with Crippen molar-refractivity contribution >= 4 is 17.5 Å². The van der Waals surface area contributed by atoms with Gasteiger partial charge in [-0.3, -0.25) is 9.59 Å². The highest BCUT2D eigenvalue weighted by Gasteiger charge is 2.54. The molecule has 1 aliphatic carbocycles. The average Bonchev–Trinajstić information content (AvgIpc) is 3.05.